The third-order valence-electron chi connectivity index (χ3n) is 4.66. The van der Waals surface area contributed by atoms with Gasteiger partial charge >= 0.3 is 10.1 Å². The van der Waals surface area contributed by atoms with Gasteiger partial charge in [-0.15, -0.1) is 0 Å². The fourth-order valence-electron chi connectivity index (χ4n) is 2.85. The van der Waals surface area contributed by atoms with Gasteiger partial charge in [0, 0.05) is 32.3 Å². The van der Waals surface area contributed by atoms with Crippen molar-refractivity contribution in [2.45, 2.75) is 44.7 Å². The Hall–Kier alpha value is -2.91. The van der Waals surface area contributed by atoms with Gasteiger partial charge in [-0.25, -0.2) is 0 Å². The Morgan fingerprint density at radius 2 is 1.68 bits per heavy atom. The predicted molar refractivity (Wildman–Crippen MR) is 117 cm³/mol. The van der Waals surface area contributed by atoms with Crippen LogP contribution in [0.5, 0.6) is 5.75 Å². The van der Waals surface area contributed by atoms with Gasteiger partial charge in [-0.05, 0) is 55.3 Å². The molecule has 1 unspecified atom stereocenters. The van der Waals surface area contributed by atoms with Crippen LogP contribution >= 0.6 is 0 Å². The summed E-state index contributed by atoms with van der Waals surface area (Å²) in [4.78, 5) is 25.1. The number of ether oxygens (including phenoxy) is 1. The molecule has 0 saturated heterocycles. The van der Waals surface area contributed by atoms with Crippen LogP contribution < -0.4 is 9.50 Å². The third-order valence-corrected chi connectivity index (χ3v) is 5.92. The zero-order valence-corrected chi connectivity index (χ0v) is 18.9. The van der Waals surface area contributed by atoms with Crippen molar-refractivity contribution in [2.24, 2.45) is 0 Å². The summed E-state index contributed by atoms with van der Waals surface area (Å²) >= 11 is 0. The molecule has 0 aliphatic rings. The van der Waals surface area contributed by atoms with Crippen molar-refractivity contribution < 1.29 is 26.9 Å². The number of nitrogens with zero attached hydrogens (tertiary/aromatic N) is 1. The number of carbonyl (C=O) groups excluding carboxylic acids is 2. The second-order valence-corrected chi connectivity index (χ2v) is 8.65. The summed E-state index contributed by atoms with van der Waals surface area (Å²) in [7, 11) is -2.55. The molecule has 0 radical (unpaired) electrons. The van der Waals surface area contributed by atoms with Gasteiger partial charge in [-0.2, -0.15) is 8.42 Å². The average molecular weight is 449 g/mol. The SMILES string of the molecule is CCC(C)N(Cc1ccc(OS(=O)(=O)c2ccc(NC(C)=O)cc2)cc1)C(=O)COC. The lowest BCUT2D eigenvalue weighted by Crippen LogP contribution is -2.39. The highest BCUT2D eigenvalue weighted by atomic mass is 32.2. The molecule has 0 bridgehead atoms. The predicted octanol–water partition coefficient (Wildman–Crippen LogP) is 3.19. The molecule has 1 N–H and O–H groups in total. The molecule has 2 aromatic rings. The van der Waals surface area contributed by atoms with Crippen LogP contribution in [0, 0.1) is 0 Å². The number of rotatable bonds is 10. The van der Waals surface area contributed by atoms with Gasteiger partial charge < -0.3 is 19.1 Å². The molecule has 31 heavy (non-hydrogen) atoms. The number of nitrogens with one attached hydrogen (secondary N) is 1. The third kappa shape index (κ3) is 7.08. The Morgan fingerprint density at radius 3 is 2.19 bits per heavy atom. The second-order valence-electron chi connectivity index (χ2n) is 7.10. The first-order valence-corrected chi connectivity index (χ1v) is 11.3. The van der Waals surface area contributed by atoms with Crippen LogP contribution in [-0.4, -0.2) is 44.9 Å². The second kappa shape index (κ2) is 10.9. The van der Waals surface area contributed by atoms with Crippen molar-refractivity contribution >= 4 is 27.6 Å². The number of amides is 2. The number of hydrogen-bond donors (Lipinski definition) is 1. The van der Waals surface area contributed by atoms with E-state index in [1.807, 2.05) is 13.8 Å². The van der Waals surface area contributed by atoms with Crippen molar-refractivity contribution in [3.05, 3.63) is 54.1 Å². The van der Waals surface area contributed by atoms with Crippen LogP contribution in [0.15, 0.2) is 53.4 Å². The fourth-order valence-corrected chi connectivity index (χ4v) is 3.78. The monoisotopic (exact) mass is 448 g/mol. The van der Waals surface area contributed by atoms with E-state index >= 15 is 0 Å². The van der Waals surface area contributed by atoms with Crippen molar-refractivity contribution in [1.82, 2.24) is 4.90 Å². The summed E-state index contributed by atoms with van der Waals surface area (Å²) in [5.74, 6) is -0.196. The summed E-state index contributed by atoms with van der Waals surface area (Å²) in [5.41, 5.74) is 1.33. The van der Waals surface area contributed by atoms with Crippen LogP contribution in [0.3, 0.4) is 0 Å². The molecule has 0 saturated carbocycles. The quantitative estimate of drug-likeness (QED) is 0.560. The van der Waals surface area contributed by atoms with Gasteiger partial charge in [0.1, 0.15) is 17.3 Å². The van der Waals surface area contributed by atoms with Gasteiger partial charge in [0.2, 0.25) is 11.8 Å². The van der Waals surface area contributed by atoms with Gasteiger partial charge in [0.05, 0.1) is 0 Å². The first-order chi connectivity index (χ1) is 14.7. The van der Waals surface area contributed by atoms with Gasteiger partial charge in [-0.1, -0.05) is 19.1 Å². The lowest BCUT2D eigenvalue weighted by atomic mass is 10.1. The summed E-state index contributed by atoms with van der Waals surface area (Å²) in [6, 6.07) is 12.3. The molecule has 2 rings (SSSR count). The van der Waals surface area contributed by atoms with E-state index in [0.717, 1.165) is 12.0 Å². The molecule has 1 atom stereocenters. The van der Waals surface area contributed by atoms with E-state index in [4.69, 9.17) is 8.92 Å². The number of methoxy groups -OCH3 is 1. The van der Waals surface area contributed by atoms with Crippen LogP contribution in [0.25, 0.3) is 0 Å². The van der Waals surface area contributed by atoms with E-state index in [1.54, 1.807) is 29.2 Å². The van der Waals surface area contributed by atoms with Crippen molar-refractivity contribution in [3.8, 4) is 5.75 Å². The van der Waals surface area contributed by atoms with Crippen LogP contribution in [0.4, 0.5) is 5.69 Å². The zero-order chi connectivity index (χ0) is 23.0. The Bertz CT molecular complexity index is 988. The highest BCUT2D eigenvalue weighted by Crippen LogP contribution is 2.22. The van der Waals surface area contributed by atoms with Crippen molar-refractivity contribution in [1.29, 1.82) is 0 Å². The Labute approximate surface area is 183 Å². The number of benzene rings is 2. The summed E-state index contributed by atoms with van der Waals surface area (Å²) in [6.07, 6.45) is 0.801. The van der Waals surface area contributed by atoms with Crippen LogP contribution in [-0.2, 0) is 31.0 Å². The minimum Gasteiger partial charge on any atom is -0.379 e. The van der Waals surface area contributed by atoms with E-state index in [0.29, 0.717) is 12.2 Å². The standard InChI is InChI=1S/C22H28N2O6S/c1-5-16(2)24(22(26)15-29-4)14-18-6-10-20(11-7-18)30-31(27,28)21-12-8-19(9-13-21)23-17(3)25/h6-13,16H,5,14-15H2,1-4H3,(H,23,25). The fraction of sp³-hybridized carbons (Fsp3) is 0.364. The lowest BCUT2D eigenvalue weighted by Gasteiger charge is -2.28. The molecule has 9 heteroatoms. The Balaban J connectivity index is 2.10. The molecule has 0 fully saturated rings. The maximum atomic E-state index is 12.5. The molecule has 2 aromatic carbocycles. The molecule has 0 aliphatic carbocycles. The summed E-state index contributed by atoms with van der Waals surface area (Å²) < 4.78 is 35.2. The van der Waals surface area contributed by atoms with Crippen molar-refractivity contribution in [2.75, 3.05) is 19.0 Å². The smallest absolute Gasteiger partial charge is 0.339 e. The zero-order valence-electron chi connectivity index (χ0n) is 18.1. The molecule has 8 nitrogen and oxygen atoms in total. The molecule has 0 aliphatic heterocycles. The van der Waals surface area contributed by atoms with Crippen LogP contribution in [0.2, 0.25) is 0 Å². The maximum absolute atomic E-state index is 12.5. The summed E-state index contributed by atoms with van der Waals surface area (Å²) in [5, 5.41) is 2.57. The molecular weight excluding hydrogens is 420 g/mol. The number of hydrogen-bond acceptors (Lipinski definition) is 6. The molecule has 2 amide bonds. The largest absolute Gasteiger partial charge is 0.379 e. The topological polar surface area (TPSA) is 102 Å². The summed E-state index contributed by atoms with van der Waals surface area (Å²) in [6.45, 7) is 5.73. The van der Waals surface area contributed by atoms with Gasteiger partial charge in [-0.3, -0.25) is 9.59 Å². The number of carbonyl (C=O) groups is 2. The number of anilines is 1. The molecule has 168 valence electrons. The minimum atomic E-state index is -4.03. The molecule has 0 heterocycles. The van der Waals surface area contributed by atoms with Gasteiger partial charge in [0.15, 0.2) is 0 Å². The Morgan fingerprint density at radius 1 is 1.06 bits per heavy atom. The van der Waals surface area contributed by atoms with E-state index in [2.05, 4.69) is 5.32 Å². The lowest BCUT2D eigenvalue weighted by molar-refractivity contribution is -0.138. The van der Waals surface area contributed by atoms with Crippen molar-refractivity contribution in [3.63, 3.8) is 0 Å². The van der Waals surface area contributed by atoms with E-state index in [9.17, 15) is 18.0 Å². The van der Waals surface area contributed by atoms with E-state index in [1.165, 1.54) is 38.3 Å². The van der Waals surface area contributed by atoms with E-state index < -0.39 is 10.1 Å². The highest BCUT2D eigenvalue weighted by molar-refractivity contribution is 7.87. The normalized spacial score (nSPS) is 12.1. The molecule has 0 spiro atoms. The van der Waals surface area contributed by atoms with Gasteiger partial charge in [0.25, 0.3) is 0 Å². The average Bonchev–Trinajstić information content (AvgIpc) is 2.72. The van der Waals surface area contributed by atoms with E-state index in [-0.39, 0.29) is 35.1 Å². The molecule has 0 aromatic heterocycles. The minimum absolute atomic E-state index is 0.00447. The molecular formula is C22H28N2O6S. The first kappa shape index (κ1) is 24.4. The maximum Gasteiger partial charge on any atom is 0.339 e. The first-order valence-electron chi connectivity index (χ1n) is 9.85. The Kier molecular flexibility index (Phi) is 8.58. The van der Waals surface area contributed by atoms with Crippen LogP contribution in [0.1, 0.15) is 32.8 Å². The highest BCUT2D eigenvalue weighted by Gasteiger charge is 2.20.